The summed E-state index contributed by atoms with van der Waals surface area (Å²) in [4.78, 5) is 5.51. The van der Waals surface area contributed by atoms with E-state index >= 15 is 0 Å². The van der Waals surface area contributed by atoms with Crippen molar-refractivity contribution in [2.45, 2.75) is 76.9 Å². The number of hydrogen-bond donors (Lipinski definition) is 1. The first-order chi connectivity index (χ1) is 10.1. The van der Waals surface area contributed by atoms with Gasteiger partial charge in [0.25, 0.3) is 0 Å². The van der Waals surface area contributed by atoms with Crippen LogP contribution < -0.4 is 5.73 Å². The summed E-state index contributed by atoms with van der Waals surface area (Å²) in [7, 11) is 0. The van der Waals surface area contributed by atoms with Crippen LogP contribution in [0.1, 0.15) is 58.8 Å². The standard InChI is InChI=1S/C18H35N3/c1-14(2)15-6-7-17(19)18(12-15)21-11-8-16(13-21)20-9-4-3-5-10-20/h14-18H,3-13,19H2,1-2H3. The van der Waals surface area contributed by atoms with Gasteiger partial charge >= 0.3 is 0 Å². The zero-order valence-electron chi connectivity index (χ0n) is 14.1. The third-order valence-electron chi connectivity index (χ3n) is 6.42. The molecule has 3 nitrogen and oxygen atoms in total. The third-order valence-corrected chi connectivity index (χ3v) is 6.42. The number of likely N-dealkylation sites (tertiary alicyclic amines) is 2. The number of piperidine rings is 1. The topological polar surface area (TPSA) is 32.5 Å². The minimum absolute atomic E-state index is 0.417. The number of nitrogens with zero attached hydrogens (tertiary/aromatic N) is 2. The lowest BCUT2D eigenvalue weighted by Crippen LogP contribution is -2.52. The minimum Gasteiger partial charge on any atom is -0.326 e. The summed E-state index contributed by atoms with van der Waals surface area (Å²) in [5.41, 5.74) is 6.49. The lowest BCUT2D eigenvalue weighted by molar-refractivity contribution is 0.101. The highest BCUT2D eigenvalue weighted by atomic mass is 15.3. The van der Waals surface area contributed by atoms with Crippen LogP contribution in [-0.2, 0) is 0 Å². The van der Waals surface area contributed by atoms with Gasteiger partial charge in [0.1, 0.15) is 0 Å². The predicted molar refractivity (Wildman–Crippen MR) is 89.3 cm³/mol. The van der Waals surface area contributed by atoms with E-state index in [9.17, 15) is 0 Å². The van der Waals surface area contributed by atoms with Gasteiger partial charge in [-0.05, 0) is 63.5 Å². The second-order valence-electron chi connectivity index (χ2n) is 8.08. The summed E-state index contributed by atoms with van der Waals surface area (Å²) in [5.74, 6) is 1.71. The predicted octanol–water partition coefficient (Wildman–Crippen LogP) is 2.70. The average molecular weight is 293 g/mol. The van der Waals surface area contributed by atoms with E-state index in [1.54, 1.807) is 0 Å². The summed E-state index contributed by atoms with van der Waals surface area (Å²) >= 11 is 0. The van der Waals surface area contributed by atoms with Gasteiger partial charge in [-0.15, -0.1) is 0 Å². The summed E-state index contributed by atoms with van der Waals surface area (Å²) in [6, 6.07) is 1.89. The van der Waals surface area contributed by atoms with Crippen molar-refractivity contribution in [1.29, 1.82) is 0 Å². The van der Waals surface area contributed by atoms with Crippen molar-refractivity contribution in [3.63, 3.8) is 0 Å². The van der Waals surface area contributed by atoms with E-state index in [-0.39, 0.29) is 0 Å². The first-order valence-corrected chi connectivity index (χ1v) is 9.39. The molecule has 2 heterocycles. The normalized spacial score (nSPS) is 40.0. The molecule has 3 fully saturated rings. The molecule has 0 aromatic heterocycles. The largest absolute Gasteiger partial charge is 0.326 e. The molecule has 1 saturated carbocycles. The van der Waals surface area contributed by atoms with E-state index < -0.39 is 0 Å². The van der Waals surface area contributed by atoms with E-state index in [4.69, 9.17) is 5.73 Å². The van der Waals surface area contributed by atoms with E-state index in [1.807, 2.05) is 0 Å². The molecule has 0 aromatic carbocycles. The van der Waals surface area contributed by atoms with Gasteiger partial charge in [0.15, 0.2) is 0 Å². The molecule has 0 bridgehead atoms. The minimum atomic E-state index is 0.417. The van der Waals surface area contributed by atoms with Gasteiger partial charge in [0.2, 0.25) is 0 Å². The quantitative estimate of drug-likeness (QED) is 0.868. The zero-order valence-corrected chi connectivity index (χ0v) is 14.1. The SMILES string of the molecule is CC(C)C1CCC(N)C(N2CCC(N3CCCCC3)C2)C1. The Morgan fingerprint density at radius 3 is 2.38 bits per heavy atom. The van der Waals surface area contributed by atoms with Crippen LogP contribution in [0.2, 0.25) is 0 Å². The van der Waals surface area contributed by atoms with Crippen molar-refractivity contribution in [3.05, 3.63) is 0 Å². The molecule has 2 aliphatic heterocycles. The van der Waals surface area contributed by atoms with Crippen molar-refractivity contribution < 1.29 is 0 Å². The Bertz CT molecular complexity index is 324. The van der Waals surface area contributed by atoms with Gasteiger partial charge in [-0.3, -0.25) is 9.80 Å². The van der Waals surface area contributed by atoms with Gasteiger partial charge in [0.05, 0.1) is 0 Å². The fraction of sp³-hybridized carbons (Fsp3) is 1.00. The molecule has 0 spiro atoms. The molecule has 3 aliphatic rings. The highest BCUT2D eigenvalue weighted by Crippen LogP contribution is 2.34. The Balaban J connectivity index is 1.56. The smallest absolute Gasteiger partial charge is 0.0250 e. The molecule has 1 aliphatic carbocycles. The van der Waals surface area contributed by atoms with Crippen LogP contribution in [0.3, 0.4) is 0 Å². The Hall–Kier alpha value is -0.120. The van der Waals surface area contributed by atoms with Gasteiger partial charge < -0.3 is 5.73 Å². The fourth-order valence-corrected chi connectivity index (χ4v) is 4.88. The van der Waals surface area contributed by atoms with Crippen LogP contribution in [-0.4, -0.2) is 54.1 Å². The monoisotopic (exact) mass is 293 g/mol. The number of hydrogen-bond acceptors (Lipinski definition) is 3. The van der Waals surface area contributed by atoms with Crippen LogP contribution in [0, 0.1) is 11.8 Å². The summed E-state index contributed by atoms with van der Waals surface area (Å²) in [5, 5.41) is 0. The second kappa shape index (κ2) is 6.97. The molecule has 2 saturated heterocycles. The van der Waals surface area contributed by atoms with Crippen LogP contribution in [0.5, 0.6) is 0 Å². The van der Waals surface area contributed by atoms with Crippen molar-refractivity contribution in [2.75, 3.05) is 26.2 Å². The van der Waals surface area contributed by atoms with Gasteiger partial charge in [-0.1, -0.05) is 20.3 Å². The van der Waals surface area contributed by atoms with Gasteiger partial charge in [0, 0.05) is 31.2 Å². The van der Waals surface area contributed by atoms with E-state index in [1.165, 1.54) is 71.1 Å². The van der Waals surface area contributed by atoms with E-state index in [0.717, 1.165) is 17.9 Å². The molecule has 0 amide bonds. The molecule has 4 unspecified atom stereocenters. The van der Waals surface area contributed by atoms with Crippen molar-refractivity contribution >= 4 is 0 Å². The van der Waals surface area contributed by atoms with Crippen molar-refractivity contribution in [3.8, 4) is 0 Å². The maximum absolute atomic E-state index is 6.49. The fourth-order valence-electron chi connectivity index (χ4n) is 4.88. The highest BCUT2D eigenvalue weighted by molar-refractivity contribution is 4.95. The van der Waals surface area contributed by atoms with Gasteiger partial charge in [-0.25, -0.2) is 0 Å². The lowest BCUT2D eigenvalue weighted by Gasteiger charge is -2.41. The number of rotatable bonds is 3. The maximum atomic E-state index is 6.49. The molecule has 21 heavy (non-hydrogen) atoms. The van der Waals surface area contributed by atoms with Crippen LogP contribution in [0.25, 0.3) is 0 Å². The molecule has 2 N–H and O–H groups in total. The van der Waals surface area contributed by atoms with Crippen molar-refractivity contribution in [2.24, 2.45) is 17.6 Å². The van der Waals surface area contributed by atoms with E-state index in [0.29, 0.717) is 12.1 Å². The maximum Gasteiger partial charge on any atom is 0.0250 e. The third kappa shape index (κ3) is 3.62. The zero-order chi connectivity index (χ0) is 14.8. The summed E-state index contributed by atoms with van der Waals surface area (Å²) < 4.78 is 0. The summed E-state index contributed by atoms with van der Waals surface area (Å²) in [6.45, 7) is 10.0. The Morgan fingerprint density at radius 2 is 1.67 bits per heavy atom. The molecule has 0 radical (unpaired) electrons. The number of nitrogens with two attached hydrogens (primary N) is 1. The Morgan fingerprint density at radius 1 is 0.905 bits per heavy atom. The van der Waals surface area contributed by atoms with Gasteiger partial charge in [-0.2, -0.15) is 0 Å². The first kappa shape index (κ1) is 15.8. The molecular weight excluding hydrogens is 258 g/mol. The van der Waals surface area contributed by atoms with Crippen LogP contribution in [0.4, 0.5) is 0 Å². The van der Waals surface area contributed by atoms with Crippen LogP contribution >= 0.6 is 0 Å². The first-order valence-electron chi connectivity index (χ1n) is 9.39. The molecule has 4 atom stereocenters. The Labute approximate surface area is 131 Å². The molecule has 122 valence electrons. The lowest BCUT2D eigenvalue weighted by atomic mass is 9.76. The average Bonchev–Trinajstić information content (AvgIpc) is 2.98. The summed E-state index contributed by atoms with van der Waals surface area (Å²) in [6.07, 6.45) is 9.55. The highest BCUT2D eigenvalue weighted by Gasteiger charge is 2.38. The second-order valence-corrected chi connectivity index (χ2v) is 8.08. The molecule has 0 aromatic rings. The molecule has 3 rings (SSSR count). The van der Waals surface area contributed by atoms with Crippen molar-refractivity contribution in [1.82, 2.24) is 9.80 Å². The Kier molecular flexibility index (Phi) is 5.23. The van der Waals surface area contributed by atoms with E-state index in [2.05, 4.69) is 23.6 Å². The molecule has 3 heteroatoms. The van der Waals surface area contributed by atoms with Crippen LogP contribution in [0.15, 0.2) is 0 Å². The molecular formula is C18H35N3.